The second-order valence-electron chi connectivity index (χ2n) is 11.1. The standard InChI is InChI=1S/C34H42N8O6.2ClH/c1-2-3-4-5-30(47-33(45)41-18-14-39(15-19-41)31(43)37-24-28-10-6-26(22-35)7-11-28)48-34(46)42-20-16-40(17-21-42)32(44)38-25-29-12-8-27(23-36)9-13-29;;/h6-13,30H,14-25,35-36H2,1H3,(H,37,43)(H,38,44);2*1H. The third kappa shape index (κ3) is 12.5. The summed E-state index contributed by atoms with van der Waals surface area (Å²) in [7, 11) is 0. The number of rotatable bonds is 8. The van der Waals surface area contributed by atoms with E-state index in [-0.39, 0.29) is 63.1 Å². The molecule has 0 spiro atoms. The minimum absolute atomic E-state index is 0. The van der Waals surface area contributed by atoms with E-state index in [9.17, 15) is 19.2 Å². The molecule has 2 saturated heterocycles. The monoisotopic (exact) mass is 730 g/mol. The van der Waals surface area contributed by atoms with Gasteiger partial charge in [0.05, 0.1) is 0 Å². The minimum atomic E-state index is -1.50. The Morgan fingerprint density at radius 3 is 1.30 bits per heavy atom. The number of hydrogen-bond donors (Lipinski definition) is 4. The van der Waals surface area contributed by atoms with Crippen molar-refractivity contribution in [2.24, 2.45) is 11.5 Å². The largest absolute Gasteiger partial charge is 0.413 e. The van der Waals surface area contributed by atoms with Crippen LogP contribution in [0.5, 0.6) is 0 Å². The lowest BCUT2D eigenvalue weighted by Gasteiger charge is -2.35. The Kier molecular flexibility index (Phi) is 17.6. The van der Waals surface area contributed by atoms with Gasteiger partial charge < -0.3 is 51.2 Å². The van der Waals surface area contributed by atoms with Gasteiger partial charge in [0, 0.05) is 78.5 Å². The number of nitrogens with two attached hydrogens (primary N) is 2. The lowest BCUT2D eigenvalue weighted by Crippen LogP contribution is -2.54. The first kappa shape index (κ1) is 41.3. The number of urea groups is 2. The molecule has 2 aromatic carbocycles. The second-order valence-corrected chi connectivity index (χ2v) is 11.1. The van der Waals surface area contributed by atoms with Crippen LogP contribution in [0.4, 0.5) is 19.2 Å². The predicted molar refractivity (Wildman–Crippen MR) is 192 cm³/mol. The quantitative estimate of drug-likeness (QED) is 0.237. The van der Waals surface area contributed by atoms with E-state index in [0.717, 1.165) is 22.3 Å². The fourth-order valence-corrected chi connectivity index (χ4v) is 4.92. The summed E-state index contributed by atoms with van der Waals surface area (Å²) in [4.78, 5) is 57.4. The van der Waals surface area contributed by atoms with E-state index in [1.807, 2.05) is 48.5 Å². The molecule has 0 unspecified atom stereocenters. The van der Waals surface area contributed by atoms with Crippen molar-refractivity contribution < 1.29 is 28.7 Å². The Labute approximate surface area is 305 Å². The normalized spacial score (nSPS) is 13.7. The van der Waals surface area contributed by atoms with Crippen LogP contribution in [0, 0.1) is 23.7 Å². The maximum atomic E-state index is 13.0. The molecule has 6 amide bonds. The summed E-state index contributed by atoms with van der Waals surface area (Å²) < 4.78 is 10.9. The number of ether oxygens (including phenoxy) is 2. The van der Waals surface area contributed by atoms with Gasteiger partial charge in [-0.15, -0.1) is 24.8 Å². The van der Waals surface area contributed by atoms with Crippen molar-refractivity contribution in [2.45, 2.75) is 39.4 Å². The zero-order valence-corrected chi connectivity index (χ0v) is 29.5. The Morgan fingerprint density at radius 2 is 0.960 bits per heavy atom. The fourth-order valence-electron chi connectivity index (χ4n) is 4.92. The molecule has 6 N–H and O–H groups in total. The molecule has 16 heteroatoms. The number of piperazine rings is 2. The molecule has 0 atom stereocenters. The average Bonchev–Trinajstić information content (AvgIpc) is 3.13. The number of nitrogens with zero attached hydrogens (tertiary/aromatic N) is 4. The first-order chi connectivity index (χ1) is 23.3. The smallest absolute Gasteiger partial charge is 0.397 e. The van der Waals surface area contributed by atoms with Crippen molar-refractivity contribution in [1.29, 1.82) is 0 Å². The summed E-state index contributed by atoms with van der Waals surface area (Å²) in [5, 5.41) is 5.78. The van der Waals surface area contributed by atoms with E-state index in [1.54, 1.807) is 16.7 Å². The Morgan fingerprint density at radius 1 is 0.620 bits per heavy atom. The number of carbonyl (C=O) groups is 4. The highest BCUT2D eigenvalue weighted by Gasteiger charge is 2.30. The molecule has 0 radical (unpaired) electrons. The average molecular weight is 732 g/mol. The van der Waals surface area contributed by atoms with Crippen LogP contribution >= 0.6 is 24.8 Å². The second kappa shape index (κ2) is 21.3. The predicted octanol–water partition coefficient (Wildman–Crippen LogP) is 2.43. The van der Waals surface area contributed by atoms with Crippen molar-refractivity contribution >= 4 is 49.1 Å². The van der Waals surface area contributed by atoms with Gasteiger partial charge in [0.2, 0.25) is 0 Å². The van der Waals surface area contributed by atoms with Gasteiger partial charge in [-0.2, -0.15) is 0 Å². The van der Waals surface area contributed by atoms with Gasteiger partial charge in [-0.1, -0.05) is 54.5 Å². The molecule has 2 heterocycles. The Balaban J connectivity index is 0.00000433. The number of amides is 6. The molecular formula is C34H44Cl2N8O6. The summed E-state index contributed by atoms with van der Waals surface area (Å²) >= 11 is 0. The van der Waals surface area contributed by atoms with Gasteiger partial charge in [0.1, 0.15) is 0 Å². The summed E-state index contributed by atoms with van der Waals surface area (Å²) in [5.41, 5.74) is 15.2. The van der Waals surface area contributed by atoms with Crippen molar-refractivity contribution in [1.82, 2.24) is 30.2 Å². The summed E-state index contributed by atoms with van der Waals surface area (Å²) in [6.07, 6.45) is -2.96. The molecule has 14 nitrogen and oxygen atoms in total. The highest BCUT2D eigenvalue weighted by molar-refractivity contribution is 5.85. The van der Waals surface area contributed by atoms with E-state index < -0.39 is 18.5 Å². The highest BCUT2D eigenvalue weighted by Crippen LogP contribution is 2.11. The van der Waals surface area contributed by atoms with Crippen molar-refractivity contribution in [3.63, 3.8) is 0 Å². The van der Waals surface area contributed by atoms with E-state index >= 15 is 0 Å². The van der Waals surface area contributed by atoms with E-state index in [0.29, 0.717) is 52.4 Å². The third-order valence-electron chi connectivity index (χ3n) is 7.85. The molecular weight excluding hydrogens is 687 g/mol. The minimum Gasteiger partial charge on any atom is -0.397 e. The summed E-state index contributed by atoms with van der Waals surface area (Å²) in [6, 6.07) is 14.9. The van der Waals surface area contributed by atoms with Crippen LogP contribution in [0.15, 0.2) is 48.5 Å². The van der Waals surface area contributed by atoms with Gasteiger partial charge in [-0.25, -0.2) is 19.2 Å². The third-order valence-corrected chi connectivity index (χ3v) is 7.85. The zero-order valence-electron chi connectivity index (χ0n) is 27.9. The maximum Gasteiger partial charge on any atom is 0.413 e. The maximum absolute atomic E-state index is 13.0. The van der Waals surface area contributed by atoms with E-state index in [1.165, 1.54) is 9.80 Å². The zero-order chi connectivity index (χ0) is 34.3. The molecule has 50 heavy (non-hydrogen) atoms. The summed E-state index contributed by atoms with van der Waals surface area (Å²) in [5.74, 6) is 10.3. The van der Waals surface area contributed by atoms with E-state index in [4.69, 9.17) is 20.9 Å². The van der Waals surface area contributed by atoms with Crippen molar-refractivity contribution in [3.8, 4) is 23.7 Å². The fraction of sp³-hybridized carbons (Fsp3) is 0.412. The van der Waals surface area contributed by atoms with Crippen LogP contribution in [0.1, 0.15) is 29.2 Å². The lowest BCUT2D eigenvalue weighted by molar-refractivity contribution is -0.0512. The molecule has 0 bridgehead atoms. The number of nitrogens with one attached hydrogen (secondary N) is 2. The molecule has 2 fully saturated rings. The van der Waals surface area contributed by atoms with E-state index in [2.05, 4.69) is 34.3 Å². The first-order valence-electron chi connectivity index (χ1n) is 15.7. The SMILES string of the molecule is CC#CC#CC(OC(=O)N1CCN(C(=O)NCc2ccc(CN)cc2)CC1)OC(=O)N1CCN(C(=O)NCc2ccc(CN)cc2)CC1.Cl.Cl. The van der Waals surface area contributed by atoms with Crippen LogP contribution in [0.25, 0.3) is 0 Å². The Hall–Kier alpha value is -4.86. The topological polar surface area (TPSA) is 176 Å². The number of halogens is 2. The van der Waals surface area contributed by atoms with Gasteiger partial charge >= 0.3 is 30.5 Å². The van der Waals surface area contributed by atoms with Crippen LogP contribution in [-0.2, 0) is 35.7 Å². The van der Waals surface area contributed by atoms with Crippen molar-refractivity contribution in [2.75, 3.05) is 52.4 Å². The lowest BCUT2D eigenvalue weighted by atomic mass is 10.1. The molecule has 2 aliphatic rings. The molecule has 4 rings (SSSR count). The number of benzene rings is 2. The molecule has 2 aromatic rings. The van der Waals surface area contributed by atoms with Gasteiger partial charge in [0.15, 0.2) is 0 Å². The van der Waals surface area contributed by atoms with Gasteiger partial charge in [-0.3, -0.25) is 0 Å². The van der Waals surface area contributed by atoms with Crippen LogP contribution in [-0.4, -0.2) is 102 Å². The van der Waals surface area contributed by atoms with Gasteiger partial charge in [0.25, 0.3) is 0 Å². The molecule has 270 valence electrons. The van der Waals surface area contributed by atoms with Crippen LogP contribution in [0.3, 0.4) is 0 Å². The molecule has 0 aliphatic carbocycles. The molecule has 2 aliphatic heterocycles. The Bertz CT molecular complexity index is 1440. The van der Waals surface area contributed by atoms with Gasteiger partial charge in [-0.05, 0) is 46.9 Å². The first-order valence-corrected chi connectivity index (χ1v) is 15.7. The molecule has 0 aromatic heterocycles. The number of carbonyl (C=O) groups excluding carboxylic acids is 4. The van der Waals surface area contributed by atoms with Crippen LogP contribution < -0.4 is 22.1 Å². The highest BCUT2D eigenvalue weighted by atomic mass is 35.5. The molecule has 0 saturated carbocycles. The summed E-state index contributed by atoms with van der Waals surface area (Å²) in [6.45, 7) is 5.32. The number of hydrogen-bond acceptors (Lipinski definition) is 8. The van der Waals surface area contributed by atoms with Crippen LogP contribution in [0.2, 0.25) is 0 Å². The van der Waals surface area contributed by atoms with Crippen molar-refractivity contribution in [3.05, 3.63) is 70.8 Å².